The van der Waals surface area contributed by atoms with Gasteiger partial charge in [0.1, 0.15) is 5.75 Å². The number of ether oxygens (including phenoxy) is 1. The number of nitrogens with two attached hydrogens (primary N) is 1. The van der Waals surface area contributed by atoms with Gasteiger partial charge in [-0.05, 0) is 77.9 Å². The summed E-state index contributed by atoms with van der Waals surface area (Å²) < 4.78 is 7.93. The highest BCUT2D eigenvalue weighted by atomic mass is 127. The minimum absolute atomic E-state index is 0.157. The molecule has 0 saturated heterocycles. The van der Waals surface area contributed by atoms with Crippen LogP contribution in [0.4, 0.5) is 0 Å². The van der Waals surface area contributed by atoms with Crippen LogP contribution in [0.5, 0.6) is 5.75 Å². The smallest absolute Gasteiger partial charge is 0.120 e. The molecule has 0 aliphatic carbocycles. The Hall–Kier alpha value is -0.590. The van der Waals surface area contributed by atoms with Crippen LogP contribution in [-0.2, 0) is 0 Å². The number of halogens is 2. The predicted molar refractivity (Wildman–Crippen MR) is 95.1 cm³/mol. The van der Waals surface area contributed by atoms with Crippen LogP contribution in [0.1, 0.15) is 31.0 Å². The lowest BCUT2D eigenvalue weighted by Gasteiger charge is -2.17. The van der Waals surface area contributed by atoms with Gasteiger partial charge in [-0.2, -0.15) is 0 Å². The SMILES string of the molecule is CC(C)Oc1cccc(C(N)c2cc(Br)ccc2I)c1. The highest BCUT2D eigenvalue weighted by Crippen LogP contribution is 2.29. The zero-order valence-electron chi connectivity index (χ0n) is 11.4. The predicted octanol–water partition coefficient (Wildman–Crippen LogP) is 4.89. The molecule has 0 bridgehead atoms. The number of hydrogen-bond donors (Lipinski definition) is 1. The fourth-order valence-electron chi connectivity index (χ4n) is 1.99. The van der Waals surface area contributed by atoms with Gasteiger partial charge in [-0.3, -0.25) is 0 Å². The summed E-state index contributed by atoms with van der Waals surface area (Å²) in [6.07, 6.45) is 0.160. The molecule has 0 heterocycles. The largest absolute Gasteiger partial charge is 0.491 e. The second kappa shape index (κ2) is 6.91. The Balaban J connectivity index is 2.33. The molecule has 4 heteroatoms. The maximum absolute atomic E-state index is 6.40. The Morgan fingerprint density at radius 1 is 1.15 bits per heavy atom. The summed E-state index contributed by atoms with van der Waals surface area (Å²) in [4.78, 5) is 0. The molecule has 2 aromatic rings. The van der Waals surface area contributed by atoms with Crippen molar-refractivity contribution in [2.45, 2.75) is 26.0 Å². The molecule has 0 radical (unpaired) electrons. The van der Waals surface area contributed by atoms with Crippen molar-refractivity contribution in [3.8, 4) is 5.75 Å². The van der Waals surface area contributed by atoms with Crippen molar-refractivity contribution in [2.75, 3.05) is 0 Å². The van der Waals surface area contributed by atoms with Crippen LogP contribution in [0.25, 0.3) is 0 Å². The maximum atomic E-state index is 6.40. The van der Waals surface area contributed by atoms with E-state index in [2.05, 4.69) is 50.7 Å². The van der Waals surface area contributed by atoms with Gasteiger partial charge in [0.25, 0.3) is 0 Å². The van der Waals surface area contributed by atoms with Gasteiger partial charge in [0, 0.05) is 8.04 Å². The maximum Gasteiger partial charge on any atom is 0.120 e. The average molecular weight is 446 g/mol. The molecule has 0 aromatic heterocycles. The molecule has 0 saturated carbocycles. The van der Waals surface area contributed by atoms with Gasteiger partial charge in [-0.15, -0.1) is 0 Å². The lowest BCUT2D eigenvalue weighted by Crippen LogP contribution is -2.14. The first-order chi connectivity index (χ1) is 9.47. The molecule has 0 spiro atoms. The van der Waals surface area contributed by atoms with E-state index in [4.69, 9.17) is 10.5 Å². The van der Waals surface area contributed by atoms with E-state index in [-0.39, 0.29) is 12.1 Å². The van der Waals surface area contributed by atoms with E-state index in [1.807, 2.05) is 44.2 Å². The van der Waals surface area contributed by atoms with Gasteiger partial charge < -0.3 is 10.5 Å². The molecule has 2 aromatic carbocycles. The van der Waals surface area contributed by atoms with E-state index in [1.165, 1.54) is 0 Å². The van der Waals surface area contributed by atoms with Crippen LogP contribution in [0.3, 0.4) is 0 Å². The van der Waals surface area contributed by atoms with E-state index in [0.717, 1.165) is 24.9 Å². The molecule has 0 aliphatic heterocycles. The normalized spacial score (nSPS) is 12.5. The molecule has 0 aliphatic rings. The summed E-state index contributed by atoms with van der Waals surface area (Å²) in [6.45, 7) is 4.04. The third-order valence-corrected chi connectivity index (χ3v) is 4.36. The minimum atomic E-state index is -0.157. The lowest BCUT2D eigenvalue weighted by molar-refractivity contribution is 0.242. The van der Waals surface area contributed by atoms with Crippen molar-refractivity contribution >= 4 is 38.5 Å². The molecular formula is C16H17BrINO. The van der Waals surface area contributed by atoms with Crippen LogP contribution in [0, 0.1) is 3.57 Å². The third-order valence-electron chi connectivity index (χ3n) is 2.88. The first-order valence-corrected chi connectivity index (χ1v) is 8.31. The third kappa shape index (κ3) is 3.96. The van der Waals surface area contributed by atoms with E-state index in [0.29, 0.717) is 0 Å². The van der Waals surface area contributed by atoms with Crippen molar-refractivity contribution in [1.82, 2.24) is 0 Å². The van der Waals surface area contributed by atoms with Crippen LogP contribution < -0.4 is 10.5 Å². The monoisotopic (exact) mass is 445 g/mol. The van der Waals surface area contributed by atoms with Gasteiger partial charge in [-0.1, -0.05) is 28.1 Å². The molecule has 1 unspecified atom stereocenters. The Kier molecular flexibility index (Phi) is 5.46. The standard InChI is InChI=1S/C16H17BrINO/c1-10(2)20-13-5-3-4-11(8-13)16(19)14-9-12(17)6-7-15(14)18/h3-10,16H,19H2,1-2H3. The zero-order valence-corrected chi connectivity index (χ0v) is 15.2. The molecular weight excluding hydrogens is 429 g/mol. The Labute approximate surface area is 142 Å². The Bertz CT molecular complexity index is 601. The summed E-state index contributed by atoms with van der Waals surface area (Å²) in [5.41, 5.74) is 8.57. The average Bonchev–Trinajstić information content (AvgIpc) is 2.40. The van der Waals surface area contributed by atoms with E-state index >= 15 is 0 Å². The first kappa shape index (κ1) is 15.8. The lowest BCUT2D eigenvalue weighted by atomic mass is 9.99. The number of rotatable bonds is 4. The fraction of sp³-hybridized carbons (Fsp3) is 0.250. The second-order valence-electron chi connectivity index (χ2n) is 4.88. The Morgan fingerprint density at radius 2 is 1.90 bits per heavy atom. The molecule has 106 valence electrons. The van der Waals surface area contributed by atoms with Gasteiger partial charge in [0.15, 0.2) is 0 Å². The van der Waals surface area contributed by atoms with Gasteiger partial charge in [0.05, 0.1) is 12.1 Å². The van der Waals surface area contributed by atoms with Crippen LogP contribution in [-0.4, -0.2) is 6.10 Å². The van der Waals surface area contributed by atoms with Crippen molar-refractivity contribution in [3.63, 3.8) is 0 Å². The quantitative estimate of drug-likeness (QED) is 0.680. The van der Waals surface area contributed by atoms with Crippen LogP contribution in [0.2, 0.25) is 0 Å². The second-order valence-corrected chi connectivity index (χ2v) is 6.96. The summed E-state index contributed by atoms with van der Waals surface area (Å²) in [5, 5.41) is 0. The van der Waals surface area contributed by atoms with Gasteiger partial charge >= 0.3 is 0 Å². The molecule has 2 N–H and O–H groups in total. The molecule has 2 rings (SSSR count). The molecule has 0 amide bonds. The van der Waals surface area contributed by atoms with Gasteiger partial charge in [0.2, 0.25) is 0 Å². The Morgan fingerprint density at radius 3 is 2.60 bits per heavy atom. The van der Waals surface area contributed by atoms with Crippen molar-refractivity contribution < 1.29 is 4.74 Å². The number of hydrogen-bond acceptors (Lipinski definition) is 2. The molecule has 0 fully saturated rings. The number of benzene rings is 2. The molecule has 1 atom stereocenters. The topological polar surface area (TPSA) is 35.2 Å². The van der Waals surface area contributed by atoms with Crippen LogP contribution >= 0.6 is 38.5 Å². The molecule has 2 nitrogen and oxygen atoms in total. The highest BCUT2D eigenvalue weighted by Gasteiger charge is 2.13. The van der Waals surface area contributed by atoms with Crippen molar-refractivity contribution in [1.29, 1.82) is 0 Å². The van der Waals surface area contributed by atoms with Gasteiger partial charge in [-0.25, -0.2) is 0 Å². The van der Waals surface area contributed by atoms with E-state index < -0.39 is 0 Å². The van der Waals surface area contributed by atoms with Crippen molar-refractivity contribution in [2.24, 2.45) is 5.73 Å². The molecule has 20 heavy (non-hydrogen) atoms. The van der Waals surface area contributed by atoms with E-state index in [9.17, 15) is 0 Å². The summed E-state index contributed by atoms with van der Waals surface area (Å²) in [6, 6.07) is 14.0. The minimum Gasteiger partial charge on any atom is -0.491 e. The zero-order chi connectivity index (χ0) is 14.7. The van der Waals surface area contributed by atoms with E-state index in [1.54, 1.807) is 0 Å². The highest BCUT2D eigenvalue weighted by molar-refractivity contribution is 14.1. The first-order valence-electron chi connectivity index (χ1n) is 6.44. The summed E-state index contributed by atoms with van der Waals surface area (Å²) in [5.74, 6) is 0.859. The van der Waals surface area contributed by atoms with Crippen LogP contribution in [0.15, 0.2) is 46.9 Å². The summed E-state index contributed by atoms with van der Waals surface area (Å²) in [7, 11) is 0. The van der Waals surface area contributed by atoms with Crippen molar-refractivity contribution in [3.05, 3.63) is 61.6 Å². The fourth-order valence-corrected chi connectivity index (χ4v) is 3.04. The summed E-state index contributed by atoms with van der Waals surface area (Å²) >= 11 is 5.82.